The lowest BCUT2D eigenvalue weighted by Gasteiger charge is -2.14. The van der Waals surface area contributed by atoms with E-state index in [-0.39, 0.29) is 12.0 Å². The third kappa shape index (κ3) is 4.56. The fourth-order valence-electron chi connectivity index (χ4n) is 2.82. The number of benzene rings is 1. The highest BCUT2D eigenvalue weighted by Gasteiger charge is 2.18. The standard InChI is InChI=1S/C18H21N3O2S2/c1-12-16(13-6-3-2-4-7-13)15(11-25-12)17(22)20-21-18(24)19-10-14-8-5-9-23-14/h2-4,6-7,11,14H,5,8-10H2,1H3,(H,20,22)(H2,19,21,24)/t14-/m1/s1. The predicted octanol–water partition coefficient (Wildman–Crippen LogP) is 3.01. The molecule has 1 amide bonds. The normalized spacial score (nSPS) is 16.4. The molecule has 1 aliphatic rings. The molecule has 1 fully saturated rings. The molecular weight excluding hydrogens is 354 g/mol. The maximum absolute atomic E-state index is 12.5. The molecule has 1 saturated heterocycles. The van der Waals surface area contributed by atoms with E-state index in [1.54, 1.807) is 11.3 Å². The topological polar surface area (TPSA) is 62.4 Å². The molecule has 5 nitrogen and oxygen atoms in total. The van der Waals surface area contributed by atoms with Gasteiger partial charge >= 0.3 is 0 Å². The summed E-state index contributed by atoms with van der Waals surface area (Å²) in [6.45, 7) is 3.47. The molecule has 0 unspecified atom stereocenters. The average molecular weight is 376 g/mol. The summed E-state index contributed by atoms with van der Waals surface area (Å²) >= 11 is 6.76. The molecule has 0 spiro atoms. The number of ether oxygens (including phenoxy) is 1. The predicted molar refractivity (Wildman–Crippen MR) is 105 cm³/mol. The second-order valence-electron chi connectivity index (χ2n) is 5.87. The average Bonchev–Trinajstić information content (AvgIpc) is 3.28. The van der Waals surface area contributed by atoms with Gasteiger partial charge in [-0.1, -0.05) is 30.3 Å². The summed E-state index contributed by atoms with van der Waals surface area (Å²) in [5, 5.41) is 5.32. The fourth-order valence-corrected chi connectivity index (χ4v) is 3.82. The van der Waals surface area contributed by atoms with Gasteiger partial charge < -0.3 is 10.1 Å². The molecule has 3 N–H and O–H groups in total. The number of amides is 1. The Balaban J connectivity index is 1.57. The summed E-state index contributed by atoms with van der Waals surface area (Å²) in [4.78, 5) is 13.6. The maximum atomic E-state index is 12.5. The number of carbonyl (C=O) groups excluding carboxylic acids is 1. The van der Waals surface area contributed by atoms with Crippen LogP contribution in [0.4, 0.5) is 0 Å². The smallest absolute Gasteiger partial charge is 0.271 e. The lowest BCUT2D eigenvalue weighted by atomic mass is 10.0. The molecule has 1 aromatic carbocycles. The molecule has 3 rings (SSSR count). The Bertz CT molecular complexity index is 740. The first-order valence-corrected chi connectivity index (χ1v) is 9.53. The Kier molecular flexibility index (Phi) is 6.01. The third-order valence-corrected chi connectivity index (χ3v) is 5.24. The molecular formula is C18H21N3O2S2. The quantitative estimate of drug-likeness (QED) is 0.566. The molecule has 0 radical (unpaired) electrons. The summed E-state index contributed by atoms with van der Waals surface area (Å²) in [7, 11) is 0. The molecule has 0 bridgehead atoms. The van der Waals surface area contributed by atoms with Crippen LogP contribution in [-0.2, 0) is 4.74 Å². The number of aryl methyl sites for hydroxylation is 1. The van der Waals surface area contributed by atoms with Gasteiger partial charge in [0.1, 0.15) is 0 Å². The van der Waals surface area contributed by atoms with Crippen molar-refractivity contribution in [2.45, 2.75) is 25.9 Å². The van der Waals surface area contributed by atoms with Crippen LogP contribution in [-0.4, -0.2) is 30.3 Å². The molecule has 1 aromatic heterocycles. The van der Waals surface area contributed by atoms with Gasteiger partial charge in [0.25, 0.3) is 5.91 Å². The molecule has 132 valence electrons. The molecule has 1 aliphatic heterocycles. The monoisotopic (exact) mass is 375 g/mol. The van der Waals surface area contributed by atoms with Gasteiger partial charge in [0.2, 0.25) is 0 Å². The molecule has 2 aromatic rings. The summed E-state index contributed by atoms with van der Waals surface area (Å²) < 4.78 is 5.53. The van der Waals surface area contributed by atoms with E-state index in [1.165, 1.54) is 0 Å². The van der Waals surface area contributed by atoms with Crippen LogP contribution >= 0.6 is 23.6 Å². The van der Waals surface area contributed by atoms with Crippen molar-refractivity contribution in [3.63, 3.8) is 0 Å². The molecule has 7 heteroatoms. The van der Waals surface area contributed by atoms with Crippen molar-refractivity contribution in [2.75, 3.05) is 13.2 Å². The van der Waals surface area contributed by atoms with Crippen LogP contribution < -0.4 is 16.2 Å². The number of thiophene rings is 1. The number of rotatable bonds is 4. The van der Waals surface area contributed by atoms with Crippen LogP contribution in [0.3, 0.4) is 0 Å². The minimum absolute atomic E-state index is 0.194. The zero-order chi connectivity index (χ0) is 17.6. The van der Waals surface area contributed by atoms with Gasteiger partial charge in [-0.3, -0.25) is 15.6 Å². The van der Waals surface area contributed by atoms with Crippen LogP contribution in [0, 0.1) is 6.92 Å². The van der Waals surface area contributed by atoms with E-state index < -0.39 is 0 Å². The second-order valence-corrected chi connectivity index (χ2v) is 7.36. The largest absolute Gasteiger partial charge is 0.376 e. The van der Waals surface area contributed by atoms with Gasteiger partial charge in [-0.15, -0.1) is 11.3 Å². The Labute approximate surface area is 156 Å². The number of carbonyl (C=O) groups is 1. The van der Waals surface area contributed by atoms with Gasteiger partial charge in [-0.25, -0.2) is 0 Å². The van der Waals surface area contributed by atoms with Crippen molar-refractivity contribution in [1.29, 1.82) is 0 Å². The lowest BCUT2D eigenvalue weighted by Crippen LogP contribution is -2.48. The van der Waals surface area contributed by atoms with Crippen LogP contribution in [0.1, 0.15) is 28.1 Å². The Morgan fingerprint density at radius 2 is 2.12 bits per heavy atom. The van der Waals surface area contributed by atoms with Crippen LogP contribution in [0.5, 0.6) is 0 Å². The molecule has 1 atom stereocenters. The summed E-state index contributed by atoms with van der Waals surface area (Å²) in [5.74, 6) is -0.204. The fraction of sp³-hybridized carbons (Fsp3) is 0.333. The number of thiocarbonyl (C=S) groups is 1. The van der Waals surface area contributed by atoms with E-state index in [0.717, 1.165) is 35.5 Å². The van der Waals surface area contributed by atoms with E-state index >= 15 is 0 Å². The highest BCUT2D eigenvalue weighted by atomic mass is 32.1. The van der Waals surface area contributed by atoms with E-state index in [9.17, 15) is 4.79 Å². The minimum Gasteiger partial charge on any atom is -0.376 e. The molecule has 2 heterocycles. The molecule has 0 saturated carbocycles. The number of hydrazine groups is 1. The summed E-state index contributed by atoms with van der Waals surface area (Å²) in [6.07, 6.45) is 2.32. The Morgan fingerprint density at radius 1 is 1.32 bits per heavy atom. The van der Waals surface area contributed by atoms with Crippen molar-refractivity contribution in [1.82, 2.24) is 16.2 Å². The zero-order valence-electron chi connectivity index (χ0n) is 14.0. The van der Waals surface area contributed by atoms with Crippen LogP contribution in [0.25, 0.3) is 11.1 Å². The number of hydrogen-bond acceptors (Lipinski definition) is 4. The summed E-state index contributed by atoms with van der Waals surface area (Å²) in [5.41, 5.74) is 8.07. The number of hydrogen-bond donors (Lipinski definition) is 3. The SMILES string of the molecule is Cc1scc(C(=O)NNC(=S)NC[C@H]2CCCO2)c1-c1ccccc1. The van der Waals surface area contributed by atoms with Gasteiger partial charge in [0, 0.05) is 29.0 Å². The van der Waals surface area contributed by atoms with E-state index in [0.29, 0.717) is 17.2 Å². The van der Waals surface area contributed by atoms with Gasteiger partial charge in [-0.05, 0) is 37.5 Å². The zero-order valence-corrected chi connectivity index (χ0v) is 15.6. The maximum Gasteiger partial charge on any atom is 0.271 e. The lowest BCUT2D eigenvalue weighted by molar-refractivity contribution is 0.0944. The van der Waals surface area contributed by atoms with Crippen molar-refractivity contribution in [3.8, 4) is 11.1 Å². The molecule has 0 aliphatic carbocycles. The van der Waals surface area contributed by atoms with Gasteiger partial charge in [0.05, 0.1) is 11.7 Å². The number of nitrogens with one attached hydrogen (secondary N) is 3. The van der Waals surface area contributed by atoms with Crippen molar-refractivity contribution >= 4 is 34.6 Å². The third-order valence-electron chi connectivity index (χ3n) is 4.09. The first-order valence-electron chi connectivity index (χ1n) is 8.24. The van der Waals surface area contributed by atoms with Crippen molar-refractivity contribution in [2.24, 2.45) is 0 Å². The first kappa shape index (κ1) is 17.8. The van der Waals surface area contributed by atoms with E-state index in [2.05, 4.69) is 16.2 Å². The van der Waals surface area contributed by atoms with E-state index in [4.69, 9.17) is 17.0 Å². The Morgan fingerprint density at radius 3 is 2.84 bits per heavy atom. The molecule has 25 heavy (non-hydrogen) atoms. The summed E-state index contributed by atoms with van der Waals surface area (Å²) in [6, 6.07) is 9.91. The Hall–Kier alpha value is -1.96. The van der Waals surface area contributed by atoms with Crippen LogP contribution in [0.2, 0.25) is 0 Å². The first-order chi connectivity index (χ1) is 12.1. The van der Waals surface area contributed by atoms with Crippen LogP contribution in [0.15, 0.2) is 35.7 Å². The van der Waals surface area contributed by atoms with Gasteiger partial charge in [0.15, 0.2) is 5.11 Å². The van der Waals surface area contributed by atoms with Crippen molar-refractivity contribution < 1.29 is 9.53 Å². The minimum atomic E-state index is -0.204. The van der Waals surface area contributed by atoms with E-state index in [1.807, 2.05) is 42.6 Å². The second kappa shape index (κ2) is 8.42. The van der Waals surface area contributed by atoms with Crippen molar-refractivity contribution in [3.05, 3.63) is 46.2 Å². The highest BCUT2D eigenvalue weighted by Crippen LogP contribution is 2.32. The van der Waals surface area contributed by atoms with Gasteiger partial charge in [-0.2, -0.15) is 0 Å². The highest BCUT2D eigenvalue weighted by molar-refractivity contribution is 7.80.